The van der Waals surface area contributed by atoms with Crippen LogP contribution in [0.5, 0.6) is 5.75 Å². The predicted octanol–water partition coefficient (Wildman–Crippen LogP) is 7.39. The van der Waals surface area contributed by atoms with E-state index in [0.717, 1.165) is 46.7 Å². The summed E-state index contributed by atoms with van der Waals surface area (Å²) >= 11 is 1.58. The molecule has 12 heteroatoms. The second-order valence-electron chi connectivity index (χ2n) is 10.7. The molecular weight excluding hydrogens is 577 g/mol. The van der Waals surface area contributed by atoms with Gasteiger partial charge in [0.05, 0.1) is 11.2 Å². The molecule has 0 saturated carbocycles. The fourth-order valence-corrected chi connectivity index (χ4v) is 5.84. The number of ether oxygens (including phenoxy) is 1. The number of carbonyl (C=O) groups is 1. The molecule has 224 valence electrons. The number of aliphatic imine (C=N–C) groups is 1. The minimum atomic E-state index is -4.75. The van der Waals surface area contributed by atoms with Crippen molar-refractivity contribution >= 4 is 28.6 Å². The molecule has 0 unspecified atom stereocenters. The molecule has 43 heavy (non-hydrogen) atoms. The van der Waals surface area contributed by atoms with Crippen LogP contribution in [0.1, 0.15) is 37.0 Å². The highest BCUT2D eigenvalue weighted by Gasteiger charge is 2.31. The number of rotatable bonds is 6. The van der Waals surface area contributed by atoms with Crippen LogP contribution in [0.3, 0.4) is 0 Å². The second-order valence-corrected chi connectivity index (χ2v) is 11.7. The van der Waals surface area contributed by atoms with Crippen LogP contribution in [-0.4, -0.2) is 44.6 Å². The number of para-hydroxylation sites is 1. The maximum Gasteiger partial charge on any atom is 0.573 e. The number of nitrogens with one attached hydrogen (secondary N) is 1. The highest BCUT2D eigenvalue weighted by Crippen LogP contribution is 2.31. The largest absolute Gasteiger partial charge is 0.573 e. The van der Waals surface area contributed by atoms with Gasteiger partial charge in [0.15, 0.2) is 11.0 Å². The summed E-state index contributed by atoms with van der Waals surface area (Å²) < 4.78 is 42.7. The lowest BCUT2D eigenvalue weighted by atomic mass is 9.93. The second kappa shape index (κ2) is 12.1. The first-order valence-corrected chi connectivity index (χ1v) is 14.6. The van der Waals surface area contributed by atoms with Crippen molar-refractivity contribution in [3.8, 4) is 22.8 Å². The molecule has 1 fully saturated rings. The Morgan fingerprint density at radius 2 is 1.67 bits per heavy atom. The molecule has 1 aliphatic rings. The number of hydrogen-bond donors (Lipinski definition) is 1. The fraction of sp³-hybridized carbons (Fsp3) is 0.290. The maximum atomic E-state index is 13.1. The molecule has 0 aliphatic carbocycles. The molecule has 2 amide bonds. The van der Waals surface area contributed by atoms with Crippen LogP contribution in [0, 0.1) is 13.8 Å². The van der Waals surface area contributed by atoms with Gasteiger partial charge in [-0.3, -0.25) is 0 Å². The number of nitrogens with zero attached hydrogens (tertiary/aromatic N) is 5. The summed E-state index contributed by atoms with van der Waals surface area (Å²) in [6.45, 7) is 8.77. The average molecular weight is 609 g/mol. The predicted molar refractivity (Wildman–Crippen MR) is 163 cm³/mol. The molecule has 0 radical (unpaired) electrons. The summed E-state index contributed by atoms with van der Waals surface area (Å²) in [5.74, 6) is 1.03. The summed E-state index contributed by atoms with van der Waals surface area (Å²) in [6.07, 6.45) is -2.26. The van der Waals surface area contributed by atoms with Crippen molar-refractivity contribution in [2.24, 2.45) is 4.99 Å². The highest BCUT2D eigenvalue weighted by molar-refractivity contribution is 8.14. The van der Waals surface area contributed by atoms with E-state index in [1.54, 1.807) is 11.8 Å². The van der Waals surface area contributed by atoms with Gasteiger partial charge in [-0.25, -0.2) is 14.5 Å². The normalized spacial score (nSPS) is 15.0. The van der Waals surface area contributed by atoms with Gasteiger partial charge >= 0.3 is 12.4 Å². The standard InChI is InChI=1S/C31H31F3N6O2S/c1-20-7-5-8-21(2)26(20)39-17-6-18-43-29(39)36-28(41)37-30(3,4)23-11-9-22(10-12-23)27-35-19-40(38-27)24-13-15-25(16-14-24)42-31(32,33)34/h5,7-16,19H,6,17-18H2,1-4H3,(H,37,41). The molecule has 2 heterocycles. The van der Waals surface area contributed by atoms with Gasteiger partial charge in [-0.1, -0.05) is 54.2 Å². The van der Waals surface area contributed by atoms with Gasteiger partial charge in [-0.15, -0.1) is 18.3 Å². The average Bonchev–Trinajstić information content (AvgIpc) is 3.44. The third-order valence-electron chi connectivity index (χ3n) is 7.01. The van der Waals surface area contributed by atoms with Gasteiger partial charge in [-0.2, -0.15) is 4.99 Å². The summed E-state index contributed by atoms with van der Waals surface area (Å²) in [6, 6.07) is 18.6. The fourth-order valence-electron chi connectivity index (χ4n) is 4.90. The zero-order valence-corrected chi connectivity index (χ0v) is 25.0. The number of thioether (sulfide) groups is 1. The number of alkyl halides is 3. The summed E-state index contributed by atoms with van der Waals surface area (Å²) in [5, 5.41) is 8.19. The third-order valence-corrected chi connectivity index (χ3v) is 8.07. The number of hydrogen-bond acceptors (Lipinski definition) is 5. The minimum Gasteiger partial charge on any atom is -0.406 e. The van der Waals surface area contributed by atoms with Crippen molar-refractivity contribution in [1.82, 2.24) is 20.1 Å². The SMILES string of the molecule is Cc1cccc(C)c1N1CCCSC1=NC(=O)NC(C)(C)c1ccc(-c2ncn(-c3ccc(OC(F)(F)F)cc3)n2)cc1. The Labute approximate surface area is 252 Å². The first-order valence-electron chi connectivity index (χ1n) is 13.7. The third kappa shape index (κ3) is 7.19. The van der Waals surface area contributed by atoms with Crippen molar-refractivity contribution in [1.29, 1.82) is 0 Å². The van der Waals surface area contributed by atoms with Crippen molar-refractivity contribution in [3.05, 3.63) is 89.7 Å². The van der Waals surface area contributed by atoms with E-state index in [2.05, 4.69) is 56.0 Å². The van der Waals surface area contributed by atoms with Crippen molar-refractivity contribution < 1.29 is 22.7 Å². The Hall–Kier alpha value is -4.32. The van der Waals surface area contributed by atoms with Crippen LogP contribution < -0.4 is 15.0 Å². The number of anilines is 1. The summed E-state index contributed by atoms with van der Waals surface area (Å²) in [7, 11) is 0. The number of carbonyl (C=O) groups excluding carboxylic acids is 1. The molecule has 1 saturated heterocycles. The molecule has 1 aromatic heterocycles. The van der Waals surface area contributed by atoms with Gasteiger partial charge in [0, 0.05) is 23.5 Å². The molecule has 1 aliphatic heterocycles. The number of aryl methyl sites for hydroxylation is 2. The van der Waals surface area contributed by atoms with Gasteiger partial charge in [0.2, 0.25) is 0 Å². The van der Waals surface area contributed by atoms with E-state index in [4.69, 9.17) is 0 Å². The highest BCUT2D eigenvalue weighted by atomic mass is 32.2. The Balaban J connectivity index is 1.27. The molecule has 5 rings (SSSR count). The van der Waals surface area contributed by atoms with Crippen LogP contribution in [0.2, 0.25) is 0 Å². The van der Waals surface area contributed by atoms with Crippen molar-refractivity contribution in [2.75, 3.05) is 17.2 Å². The van der Waals surface area contributed by atoms with E-state index in [9.17, 15) is 18.0 Å². The lowest BCUT2D eigenvalue weighted by Gasteiger charge is -2.32. The Kier molecular flexibility index (Phi) is 8.50. The quantitative estimate of drug-likeness (QED) is 0.246. The molecule has 4 aromatic rings. The van der Waals surface area contributed by atoms with E-state index < -0.39 is 17.9 Å². The van der Waals surface area contributed by atoms with E-state index in [-0.39, 0.29) is 5.75 Å². The van der Waals surface area contributed by atoms with E-state index >= 15 is 0 Å². The summed E-state index contributed by atoms with van der Waals surface area (Å²) in [5.41, 5.74) is 4.81. The Morgan fingerprint density at radius 1 is 1.00 bits per heavy atom. The van der Waals surface area contributed by atoms with E-state index in [0.29, 0.717) is 16.7 Å². The monoisotopic (exact) mass is 608 g/mol. The number of urea groups is 1. The van der Waals surface area contributed by atoms with Crippen LogP contribution in [0.25, 0.3) is 17.1 Å². The molecule has 8 nitrogen and oxygen atoms in total. The van der Waals surface area contributed by atoms with Crippen molar-refractivity contribution in [3.63, 3.8) is 0 Å². The number of halogens is 3. The van der Waals surface area contributed by atoms with Crippen LogP contribution in [0.15, 0.2) is 78.0 Å². The number of benzene rings is 3. The van der Waals surface area contributed by atoms with Gasteiger partial charge in [0.1, 0.15) is 12.1 Å². The summed E-state index contributed by atoms with van der Waals surface area (Å²) in [4.78, 5) is 24.1. The van der Waals surface area contributed by atoms with Crippen molar-refractivity contribution in [2.45, 2.75) is 46.0 Å². The minimum absolute atomic E-state index is 0.315. The van der Waals surface area contributed by atoms with Crippen LogP contribution >= 0.6 is 11.8 Å². The number of amides is 2. The van der Waals surface area contributed by atoms with Gasteiger partial charge in [-0.05, 0) is 75.1 Å². The Bertz CT molecular complexity index is 1610. The maximum absolute atomic E-state index is 13.1. The molecule has 0 bridgehead atoms. The zero-order chi connectivity index (χ0) is 30.8. The smallest absolute Gasteiger partial charge is 0.406 e. The van der Waals surface area contributed by atoms with Gasteiger partial charge < -0.3 is 15.0 Å². The van der Waals surface area contributed by atoms with Gasteiger partial charge in [0.25, 0.3) is 0 Å². The molecule has 0 atom stereocenters. The molecule has 0 spiro atoms. The lowest BCUT2D eigenvalue weighted by molar-refractivity contribution is -0.274. The number of amidine groups is 1. The molecular formula is C31H31F3N6O2S. The van der Waals surface area contributed by atoms with Crippen LogP contribution in [-0.2, 0) is 5.54 Å². The first-order chi connectivity index (χ1) is 20.4. The Morgan fingerprint density at radius 3 is 2.33 bits per heavy atom. The lowest BCUT2D eigenvalue weighted by Crippen LogP contribution is -2.41. The zero-order valence-electron chi connectivity index (χ0n) is 24.1. The molecule has 1 N–H and O–H groups in total. The van der Waals surface area contributed by atoms with E-state index in [1.165, 1.54) is 35.3 Å². The van der Waals surface area contributed by atoms with Crippen LogP contribution in [0.4, 0.5) is 23.7 Å². The van der Waals surface area contributed by atoms with E-state index in [1.807, 2.05) is 44.2 Å². The number of aromatic nitrogens is 3. The first kappa shape index (κ1) is 30.1. The topological polar surface area (TPSA) is 84.6 Å². The molecule has 3 aromatic carbocycles.